The van der Waals surface area contributed by atoms with Gasteiger partial charge in [-0.2, -0.15) is 0 Å². The van der Waals surface area contributed by atoms with Crippen molar-refractivity contribution in [3.05, 3.63) is 29.8 Å². The number of unbranched alkanes of at least 4 members (excludes halogenated alkanes) is 2. The van der Waals surface area contributed by atoms with E-state index in [-0.39, 0.29) is 0 Å². The predicted molar refractivity (Wildman–Crippen MR) is 74.5 cm³/mol. The van der Waals surface area contributed by atoms with Gasteiger partial charge in [0.25, 0.3) is 5.91 Å². The molecule has 0 saturated carbocycles. The number of carbonyl (C=O) groups is 2. The first-order chi connectivity index (χ1) is 9.67. The molecule has 0 unspecified atom stereocenters. The Balaban J connectivity index is 2.41. The Labute approximate surface area is 118 Å². The number of rotatable bonds is 6. The maximum absolute atomic E-state index is 11.7. The number of carbonyl (C=O) groups excluding carboxylic acids is 2. The molecule has 110 valence electrons. The van der Waals surface area contributed by atoms with E-state index in [0.717, 1.165) is 25.0 Å². The highest BCUT2D eigenvalue weighted by Gasteiger charge is 2.07. The molecule has 0 spiro atoms. The van der Waals surface area contributed by atoms with E-state index in [1.807, 2.05) is 0 Å². The molecule has 0 saturated heterocycles. The summed E-state index contributed by atoms with van der Waals surface area (Å²) in [6, 6.07) is 6.70. The van der Waals surface area contributed by atoms with Crippen LogP contribution in [0.4, 0.5) is 4.79 Å². The fourth-order valence-electron chi connectivity index (χ4n) is 1.48. The lowest BCUT2D eigenvalue weighted by Crippen LogP contribution is -2.41. The molecule has 0 aromatic heterocycles. The van der Waals surface area contributed by atoms with Crippen molar-refractivity contribution >= 4 is 12.0 Å². The van der Waals surface area contributed by atoms with Crippen molar-refractivity contribution in [2.75, 3.05) is 13.7 Å². The molecule has 0 atom stereocenters. The van der Waals surface area contributed by atoms with E-state index in [4.69, 9.17) is 4.74 Å². The molecular weight excluding hydrogens is 260 g/mol. The largest absolute Gasteiger partial charge is 0.494 e. The van der Waals surface area contributed by atoms with Crippen LogP contribution in [-0.2, 0) is 4.74 Å². The molecule has 0 bridgehead atoms. The lowest BCUT2D eigenvalue weighted by atomic mass is 10.2. The topological polar surface area (TPSA) is 76.7 Å². The van der Waals surface area contributed by atoms with E-state index in [9.17, 15) is 9.59 Å². The predicted octanol–water partition coefficient (Wildman–Crippen LogP) is 2.26. The van der Waals surface area contributed by atoms with Gasteiger partial charge in [0, 0.05) is 5.56 Å². The van der Waals surface area contributed by atoms with Gasteiger partial charge >= 0.3 is 6.09 Å². The molecule has 2 N–H and O–H groups in total. The van der Waals surface area contributed by atoms with Gasteiger partial charge in [0.15, 0.2) is 0 Å². The first-order valence-electron chi connectivity index (χ1n) is 6.54. The normalized spacial score (nSPS) is 9.70. The molecule has 0 aliphatic carbocycles. The highest BCUT2D eigenvalue weighted by Crippen LogP contribution is 2.12. The maximum atomic E-state index is 11.7. The second-order valence-corrected chi connectivity index (χ2v) is 4.15. The summed E-state index contributed by atoms with van der Waals surface area (Å²) < 4.78 is 9.87. The monoisotopic (exact) mass is 280 g/mol. The number of hydrogen-bond donors (Lipinski definition) is 2. The second-order valence-electron chi connectivity index (χ2n) is 4.15. The van der Waals surface area contributed by atoms with Gasteiger partial charge < -0.3 is 9.47 Å². The van der Waals surface area contributed by atoms with Crippen molar-refractivity contribution in [2.24, 2.45) is 0 Å². The summed E-state index contributed by atoms with van der Waals surface area (Å²) in [6.45, 7) is 2.80. The summed E-state index contributed by atoms with van der Waals surface area (Å²) in [5.41, 5.74) is 4.75. The van der Waals surface area contributed by atoms with Crippen LogP contribution in [0.1, 0.15) is 36.5 Å². The quantitative estimate of drug-likeness (QED) is 0.619. The maximum Gasteiger partial charge on any atom is 0.425 e. The van der Waals surface area contributed by atoms with Crippen LogP contribution in [-0.4, -0.2) is 25.7 Å². The van der Waals surface area contributed by atoms with Gasteiger partial charge in [-0.05, 0) is 30.7 Å². The SMILES string of the molecule is CCCCCOc1ccc(C(=O)NNC(=O)OC)cc1. The van der Waals surface area contributed by atoms with Crippen LogP contribution in [0.3, 0.4) is 0 Å². The summed E-state index contributed by atoms with van der Waals surface area (Å²) in [5, 5.41) is 0. The third-order valence-corrected chi connectivity index (χ3v) is 2.60. The number of hydrogen-bond acceptors (Lipinski definition) is 4. The minimum absolute atomic E-state index is 0.419. The van der Waals surface area contributed by atoms with Gasteiger partial charge in [0.05, 0.1) is 13.7 Å². The molecule has 0 heterocycles. The molecular formula is C14H20N2O4. The van der Waals surface area contributed by atoms with Gasteiger partial charge in [-0.15, -0.1) is 0 Å². The molecule has 1 aromatic rings. The van der Waals surface area contributed by atoms with Crippen LogP contribution in [0.5, 0.6) is 5.75 Å². The molecule has 0 fully saturated rings. The molecule has 1 aromatic carbocycles. The molecule has 6 nitrogen and oxygen atoms in total. The second kappa shape index (κ2) is 8.79. The average Bonchev–Trinajstić information content (AvgIpc) is 2.49. The zero-order chi connectivity index (χ0) is 14.8. The van der Waals surface area contributed by atoms with Gasteiger partial charge in [-0.1, -0.05) is 19.8 Å². The molecule has 0 aliphatic rings. The molecule has 20 heavy (non-hydrogen) atoms. The standard InChI is InChI=1S/C14H20N2O4/c1-3-4-5-10-20-12-8-6-11(7-9-12)13(17)15-16-14(18)19-2/h6-9H,3-5,10H2,1-2H3,(H,15,17)(H,16,18). The smallest absolute Gasteiger partial charge is 0.425 e. The fourth-order valence-corrected chi connectivity index (χ4v) is 1.48. The third-order valence-electron chi connectivity index (χ3n) is 2.60. The zero-order valence-corrected chi connectivity index (χ0v) is 11.8. The molecule has 1 rings (SSSR count). The number of ether oxygens (including phenoxy) is 2. The van der Waals surface area contributed by atoms with E-state index in [1.54, 1.807) is 24.3 Å². The number of amides is 2. The Kier molecular flexibility index (Phi) is 6.95. The lowest BCUT2D eigenvalue weighted by Gasteiger charge is -2.08. The first kappa shape index (κ1) is 15.8. The van der Waals surface area contributed by atoms with Crippen molar-refractivity contribution in [2.45, 2.75) is 26.2 Å². The Morgan fingerprint density at radius 3 is 2.40 bits per heavy atom. The van der Waals surface area contributed by atoms with Crippen LogP contribution in [0.15, 0.2) is 24.3 Å². The van der Waals surface area contributed by atoms with Crippen molar-refractivity contribution in [1.29, 1.82) is 0 Å². The third kappa shape index (κ3) is 5.60. The van der Waals surface area contributed by atoms with E-state index < -0.39 is 12.0 Å². The molecule has 0 radical (unpaired) electrons. The van der Waals surface area contributed by atoms with E-state index >= 15 is 0 Å². The summed E-state index contributed by atoms with van der Waals surface area (Å²) in [5.74, 6) is 0.298. The Morgan fingerprint density at radius 2 is 1.80 bits per heavy atom. The lowest BCUT2D eigenvalue weighted by molar-refractivity contribution is 0.0920. The van der Waals surface area contributed by atoms with Gasteiger partial charge in [-0.25, -0.2) is 10.2 Å². The highest BCUT2D eigenvalue weighted by molar-refractivity contribution is 5.94. The van der Waals surface area contributed by atoms with Crippen LogP contribution in [0, 0.1) is 0 Å². The van der Waals surface area contributed by atoms with Crippen LogP contribution in [0.2, 0.25) is 0 Å². The molecule has 2 amide bonds. The number of benzene rings is 1. The summed E-state index contributed by atoms with van der Waals surface area (Å²) in [6.07, 6.45) is 2.58. The van der Waals surface area contributed by atoms with Gasteiger partial charge in [0.2, 0.25) is 0 Å². The van der Waals surface area contributed by atoms with Crippen molar-refractivity contribution in [3.8, 4) is 5.75 Å². The van der Waals surface area contributed by atoms with Crippen molar-refractivity contribution in [1.82, 2.24) is 10.9 Å². The average molecular weight is 280 g/mol. The van der Waals surface area contributed by atoms with Crippen LogP contribution in [0.25, 0.3) is 0 Å². The number of methoxy groups -OCH3 is 1. The van der Waals surface area contributed by atoms with E-state index in [2.05, 4.69) is 22.5 Å². The number of nitrogens with one attached hydrogen (secondary N) is 2. The Hall–Kier alpha value is -2.24. The fraction of sp³-hybridized carbons (Fsp3) is 0.429. The molecule has 0 aliphatic heterocycles. The van der Waals surface area contributed by atoms with Crippen LogP contribution < -0.4 is 15.6 Å². The van der Waals surface area contributed by atoms with Gasteiger partial charge in [0.1, 0.15) is 5.75 Å². The number of hydrazine groups is 1. The first-order valence-corrected chi connectivity index (χ1v) is 6.54. The van der Waals surface area contributed by atoms with Crippen molar-refractivity contribution in [3.63, 3.8) is 0 Å². The van der Waals surface area contributed by atoms with Gasteiger partial charge in [-0.3, -0.25) is 10.2 Å². The Morgan fingerprint density at radius 1 is 1.10 bits per heavy atom. The minimum atomic E-state index is -0.728. The molecule has 6 heteroatoms. The Bertz CT molecular complexity index is 431. The summed E-state index contributed by atoms with van der Waals surface area (Å²) in [4.78, 5) is 22.5. The zero-order valence-electron chi connectivity index (χ0n) is 11.8. The summed E-state index contributed by atoms with van der Waals surface area (Å²) >= 11 is 0. The van der Waals surface area contributed by atoms with Crippen LogP contribution >= 0.6 is 0 Å². The minimum Gasteiger partial charge on any atom is -0.494 e. The summed E-state index contributed by atoms with van der Waals surface area (Å²) in [7, 11) is 1.21. The van der Waals surface area contributed by atoms with Crippen molar-refractivity contribution < 1.29 is 19.1 Å². The van der Waals surface area contributed by atoms with E-state index in [0.29, 0.717) is 12.2 Å². The van der Waals surface area contributed by atoms with E-state index in [1.165, 1.54) is 7.11 Å². The highest BCUT2D eigenvalue weighted by atomic mass is 16.5.